The van der Waals surface area contributed by atoms with E-state index in [1.807, 2.05) is 16.7 Å². The molecule has 31 heavy (non-hydrogen) atoms. The highest BCUT2D eigenvalue weighted by Crippen LogP contribution is 2.24. The third-order valence-electron chi connectivity index (χ3n) is 4.74. The van der Waals surface area contributed by atoms with Gasteiger partial charge in [0.1, 0.15) is 6.04 Å². The lowest BCUT2D eigenvalue weighted by Crippen LogP contribution is -2.58. The van der Waals surface area contributed by atoms with Gasteiger partial charge in [-0.2, -0.15) is 0 Å². The Labute approximate surface area is 183 Å². The topological polar surface area (TPSA) is 129 Å². The van der Waals surface area contributed by atoms with Gasteiger partial charge in [-0.15, -0.1) is 10.2 Å². The summed E-state index contributed by atoms with van der Waals surface area (Å²) in [6.45, 7) is 1.62. The van der Waals surface area contributed by atoms with Gasteiger partial charge in [0, 0.05) is 38.2 Å². The second-order valence-corrected chi connectivity index (χ2v) is 7.59. The summed E-state index contributed by atoms with van der Waals surface area (Å²) in [6, 6.07) is 2.78. The molecule has 1 unspecified atom stereocenters. The number of pyridine rings is 1. The molecule has 1 fully saturated rings. The maximum absolute atomic E-state index is 12.9. The van der Waals surface area contributed by atoms with E-state index in [0.717, 1.165) is 5.56 Å². The molecule has 1 aliphatic rings. The van der Waals surface area contributed by atoms with E-state index < -0.39 is 12.0 Å². The van der Waals surface area contributed by atoms with Gasteiger partial charge in [-0.3, -0.25) is 23.9 Å². The van der Waals surface area contributed by atoms with Gasteiger partial charge in [-0.25, -0.2) is 0 Å². The molecule has 0 spiro atoms. The largest absolute Gasteiger partial charge is 0.469 e. The van der Waals surface area contributed by atoms with Gasteiger partial charge in [0.15, 0.2) is 11.0 Å². The van der Waals surface area contributed by atoms with E-state index in [1.165, 1.54) is 23.8 Å². The first-order chi connectivity index (χ1) is 15.0. The van der Waals surface area contributed by atoms with E-state index in [2.05, 4.69) is 25.2 Å². The average molecular weight is 449 g/mol. The standard InChI is InChI=1S/C19H24N6O5S/c1-29-10-9-25-17(13-3-5-20-6-4-13)22-23-19(25)31-12-15(26)24-8-7-21-18(28)14(24)11-16(27)30-2/h3-6,14H,7-12H2,1-2H3,(H,21,28). The number of ether oxygens (including phenoxy) is 2. The Hall–Kier alpha value is -2.99. The van der Waals surface area contributed by atoms with Crippen molar-refractivity contribution >= 4 is 29.5 Å². The van der Waals surface area contributed by atoms with E-state index in [1.54, 1.807) is 19.5 Å². The first kappa shape index (κ1) is 22.7. The zero-order valence-electron chi connectivity index (χ0n) is 17.3. The predicted molar refractivity (Wildman–Crippen MR) is 111 cm³/mol. The number of aromatic nitrogens is 4. The number of piperazine rings is 1. The number of hydrogen-bond donors (Lipinski definition) is 1. The first-order valence-corrected chi connectivity index (χ1v) is 10.6. The molecule has 0 aliphatic carbocycles. The summed E-state index contributed by atoms with van der Waals surface area (Å²) in [6.07, 6.45) is 3.16. The molecular formula is C19H24N6O5S. The molecule has 11 nitrogen and oxygen atoms in total. The van der Waals surface area contributed by atoms with Crippen molar-refractivity contribution in [3.8, 4) is 11.4 Å². The molecule has 1 saturated heterocycles. The summed E-state index contributed by atoms with van der Waals surface area (Å²) in [4.78, 5) is 42.2. The molecular weight excluding hydrogens is 424 g/mol. The summed E-state index contributed by atoms with van der Waals surface area (Å²) in [5, 5.41) is 11.7. The Bertz CT molecular complexity index is 922. The van der Waals surface area contributed by atoms with Gasteiger partial charge >= 0.3 is 5.97 Å². The highest BCUT2D eigenvalue weighted by molar-refractivity contribution is 7.99. The van der Waals surface area contributed by atoms with E-state index in [4.69, 9.17) is 4.74 Å². The zero-order valence-corrected chi connectivity index (χ0v) is 18.1. The fourth-order valence-electron chi connectivity index (χ4n) is 3.16. The monoisotopic (exact) mass is 448 g/mol. The molecule has 1 N–H and O–H groups in total. The van der Waals surface area contributed by atoms with Crippen molar-refractivity contribution in [3.05, 3.63) is 24.5 Å². The minimum Gasteiger partial charge on any atom is -0.469 e. The summed E-state index contributed by atoms with van der Waals surface area (Å²) in [5.74, 6) is -0.477. The van der Waals surface area contributed by atoms with Crippen molar-refractivity contribution in [2.24, 2.45) is 0 Å². The van der Waals surface area contributed by atoms with Crippen LogP contribution in [0.5, 0.6) is 0 Å². The summed E-state index contributed by atoms with van der Waals surface area (Å²) in [7, 11) is 2.86. The predicted octanol–water partition coefficient (Wildman–Crippen LogP) is -0.0313. The second kappa shape index (κ2) is 10.9. The highest BCUT2D eigenvalue weighted by Gasteiger charge is 2.35. The molecule has 1 atom stereocenters. The Morgan fingerprint density at radius 3 is 2.74 bits per heavy atom. The summed E-state index contributed by atoms with van der Waals surface area (Å²) >= 11 is 1.22. The molecule has 0 aromatic carbocycles. The molecule has 12 heteroatoms. The third-order valence-corrected chi connectivity index (χ3v) is 5.69. The van der Waals surface area contributed by atoms with Crippen molar-refractivity contribution in [2.75, 3.05) is 39.7 Å². The number of carbonyl (C=O) groups excluding carboxylic acids is 3. The van der Waals surface area contributed by atoms with Crippen molar-refractivity contribution < 1.29 is 23.9 Å². The smallest absolute Gasteiger partial charge is 0.308 e. The number of amides is 2. The molecule has 166 valence electrons. The fourth-order valence-corrected chi connectivity index (χ4v) is 4.01. The number of thioether (sulfide) groups is 1. The van der Waals surface area contributed by atoms with Crippen LogP contribution in [0.3, 0.4) is 0 Å². The number of methoxy groups -OCH3 is 2. The molecule has 3 rings (SSSR count). The second-order valence-electron chi connectivity index (χ2n) is 6.65. The van der Waals surface area contributed by atoms with Crippen LogP contribution in [0.15, 0.2) is 29.7 Å². The van der Waals surface area contributed by atoms with E-state index >= 15 is 0 Å². The Morgan fingerprint density at radius 1 is 1.26 bits per heavy atom. The van der Waals surface area contributed by atoms with Gasteiger partial charge in [0.25, 0.3) is 0 Å². The number of nitrogens with zero attached hydrogens (tertiary/aromatic N) is 5. The average Bonchev–Trinajstić information content (AvgIpc) is 3.20. The van der Waals surface area contributed by atoms with Gasteiger partial charge in [0.05, 0.1) is 32.4 Å². The lowest BCUT2D eigenvalue weighted by Gasteiger charge is -2.34. The number of esters is 1. The molecule has 2 amide bonds. The Morgan fingerprint density at radius 2 is 2.03 bits per heavy atom. The molecule has 2 aromatic heterocycles. The number of carbonyl (C=O) groups is 3. The van der Waals surface area contributed by atoms with Crippen LogP contribution in [0.4, 0.5) is 0 Å². The maximum Gasteiger partial charge on any atom is 0.308 e. The number of nitrogens with one attached hydrogen (secondary N) is 1. The van der Waals surface area contributed by atoms with Crippen molar-refractivity contribution in [2.45, 2.75) is 24.2 Å². The normalized spacial score (nSPS) is 16.1. The minimum absolute atomic E-state index is 0.0480. The van der Waals surface area contributed by atoms with Gasteiger partial charge in [0.2, 0.25) is 11.8 Å². The van der Waals surface area contributed by atoms with Gasteiger partial charge in [-0.1, -0.05) is 11.8 Å². The van der Waals surface area contributed by atoms with E-state index in [9.17, 15) is 14.4 Å². The molecule has 3 heterocycles. The fraction of sp³-hybridized carbons (Fsp3) is 0.474. The summed E-state index contributed by atoms with van der Waals surface area (Å²) < 4.78 is 11.7. The SMILES string of the molecule is COCCn1c(SCC(=O)N2CCNC(=O)C2CC(=O)OC)nnc1-c1ccncc1. The highest BCUT2D eigenvalue weighted by atomic mass is 32.2. The van der Waals surface area contributed by atoms with E-state index in [-0.39, 0.29) is 24.0 Å². The number of rotatable bonds is 9. The van der Waals surface area contributed by atoms with Crippen LogP contribution in [-0.4, -0.2) is 88.1 Å². The molecule has 0 saturated carbocycles. The van der Waals surface area contributed by atoms with Crippen LogP contribution >= 0.6 is 11.8 Å². The Balaban J connectivity index is 1.73. The molecule has 1 aliphatic heterocycles. The number of hydrogen-bond acceptors (Lipinski definition) is 9. The quantitative estimate of drug-likeness (QED) is 0.415. The van der Waals surface area contributed by atoms with Crippen molar-refractivity contribution in [1.29, 1.82) is 0 Å². The van der Waals surface area contributed by atoms with Crippen LogP contribution in [0.1, 0.15) is 6.42 Å². The lowest BCUT2D eigenvalue weighted by atomic mass is 10.1. The molecule has 0 radical (unpaired) electrons. The maximum atomic E-state index is 12.9. The van der Waals surface area contributed by atoms with Crippen LogP contribution < -0.4 is 5.32 Å². The molecule has 0 bridgehead atoms. The van der Waals surface area contributed by atoms with Crippen LogP contribution in [0.25, 0.3) is 11.4 Å². The van der Waals surface area contributed by atoms with Crippen molar-refractivity contribution in [3.63, 3.8) is 0 Å². The minimum atomic E-state index is -0.881. The first-order valence-electron chi connectivity index (χ1n) is 9.64. The van der Waals surface area contributed by atoms with E-state index in [0.29, 0.717) is 37.2 Å². The third kappa shape index (κ3) is 5.58. The van der Waals surface area contributed by atoms with Crippen molar-refractivity contribution in [1.82, 2.24) is 30.0 Å². The van der Waals surface area contributed by atoms with Crippen LogP contribution in [-0.2, 0) is 30.4 Å². The molecule has 2 aromatic rings. The van der Waals surface area contributed by atoms with Gasteiger partial charge in [-0.05, 0) is 12.1 Å². The van der Waals surface area contributed by atoms with Crippen LogP contribution in [0, 0.1) is 0 Å². The van der Waals surface area contributed by atoms with Crippen LogP contribution in [0.2, 0.25) is 0 Å². The Kier molecular flexibility index (Phi) is 7.95. The lowest BCUT2D eigenvalue weighted by molar-refractivity contribution is -0.149. The zero-order chi connectivity index (χ0) is 22.2. The van der Waals surface area contributed by atoms with Gasteiger partial charge < -0.3 is 19.7 Å². The summed E-state index contributed by atoms with van der Waals surface area (Å²) in [5.41, 5.74) is 0.850.